The predicted octanol–water partition coefficient (Wildman–Crippen LogP) is 2.33. The average Bonchev–Trinajstić information content (AvgIpc) is 2.64. The van der Waals surface area contributed by atoms with E-state index in [0.29, 0.717) is 32.5 Å². The Morgan fingerprint density at radius 1 is 1.38 bits per heavy atom. The lowest BCUT2D eigenvalue weighted by molar-refractivity contribution is -0.385. The number of benzene rings is 1. The monoisotopic (exact) mass is 381 g/mol. The summed E-state index contributed by atoms with van der Waals surface area (Å²) < 4.78 is 0. The SMILES string of the molecule is CCN(CC(=O)O)C1CCN(C(=O)c2cc(SC)ccc2[N+](=O)[O-])CC1. The lowest BCUT2D eigenvalue weighted by Gasteiger charge is -2.37. The van der Waals surface area contributed by atoms with Crippen LogP contribution in [0.5, 0.6) is 0 Å². The van der Waals surface area contributed by atoms with E-state index in [0.717, 1.165) is 4.90 Å². The summed E-state index contributed by atoms with van der Waals surface area (Å²) >= 11 is 1.42. The minimum absolute atomic E-state index is 0.0175. The van der Waals surface area contributed by atoms with Gasteiger partial charge in [-0.1, -0.05) is 6.92 Å². The van der Waals surface area contributed by atoms with Crippen molar-refractivity contribution in [3.8, 4) is 0 Å². The van der Waals surface area contributed by atoms with Gasteiger partial charge in [0, 0.05) is 30.1 Å². The molecule has 0 aromatic heterocycles. The van der Waals surface area contributed by atoms with Crippen molar-refractivity contribution in [1.29, 1.82) is 0 Å². The number of rotatable bonds is 7. The molecule has 0 unspecified atom stereocenters. The van der Waals surface area contributed by atoms with Gasteiger partial charge in [0.1, 0.15) is 5.56 Å². The van der Waals surface area contributed by atoms with E-state index in [1.165, 1.54) is 17.8 Å². The normalized spacial score (nSPS) is 15.3. The van der Waals surface area contributed by atoms with Gasteiger partial charge in [0.25, 0.3) is 11.6 Å². The summed E-state index contributed by atoms with van der Waals surface area (Å²) in [6.45, 7) is 3.45. The van der Waals surface area contributed by atoms with Crippen molar-refractivity contribution in [3.63, 3.8) is 0 Å². The van der Waals surface area contributed by atoms with Gasteiger partial charge in [-0.25, -0.2) is 0 Å². The van der Waals surface area contributed by atoms with Crippen LogP contribution in [0.2, 0.25) is 0 Å². The number of likely N-dealkylation sites (N-methyl/N-ethyl adjacent to an activating group) is 1. The van der Waals surface area contributed by atoms with Crippen LogP contribution in [0.4, 0.5) is 5.69 Å². The molecule has 0 atom stereocenters. The Kier molecular flexibility index (Phi) is 6.98. The molecule has 0 radical (unpaired) electrons. The summed E-state index contributed by atoms with van der Waals surface area (Å²) in [5.41, 5.74) is -0.0748. The maximum absolute atomic E-state index is 12.8. The molecule has 0 saturated carbocycles. The molecule has 1 aromatic carbocycles. The molecular formula is C17H23N3O5S. The molecule has 142 valence electrons. The lowest BCUT2D eigenvalue weighted by atomic mass is 10.0. The minimum atomic E-state index is -0.866. The molecule has 1 aromatic rings. The number of carbonyl (C=O) groups is 2. The van der Waals surface area contributed by atoms with Gasteiger partial charge in [0.05, 0.1) is 11.5 Å². The fourth-order valence-corrected chi connectivity index (χ4v) is 3.69. The molecule has 0 spiro atoms. The summed E-state index contributed by atoms with van der Waals surface area (Å²) in [6, 6.07) is 4.68. The van der Waals surface area contributed by atoms with Gasteiger partial charge in [-0.15, -0.1) is 11.8 Å². The number of carboxylic acids is 1. The van der Waals surface area contributed by atoms with E-state index in [1.54, 1.807) is 17.0 Å². The number of likely N-dealkylation sites (tertiary alicyclic amines) is 1. The quantitative estimate of drug-likeness (QED) is 0.439. The summed E-state index contributed by atoms with van der Waals surface area (Å²) in [4.78, 5) is 38.8. The Hall–Kier alpha value is -2.13. The number of nitro groups is 1. The van der Waals surface area contributed by atoms with E-state index in [9.17, 15) is 19.7 Å². The van der Waals surface area contributed by atoms with Crippen molar-refractivity contribution in [2.75, 3.05) is 32.4 Å². The van der Waals surface area contributed by atoms with E-state index in [-0.39, 0.29) is 29.7 Å². The zero-order chi connectivity index (χ0) is 19.3. The molecule has 2 rings (SSSR count). The number of hydrogen-bond acceptors (Lipinski definition) is 6. The van der Waals surface area contributed by atoms with Crippen molar-refractivity contribution in [1.82, 2.24) is 9.80 Å². The van der Waals surface area contributed by atoms with Gasteiger partial charge in [-0.05, 0) is 37.8 Å². The first-order valence-corrected chi connectivity index (χ1v) is 9.67. The van der Waals surface area contributed by atoms with E-state index < -0.39 is 10.9 Å². The van der Waals surface area contributed by atoms with Crippen LogP contribution < -0.4 is 0 Å². The molecule has 1 fully saturated rings. The van der Waals surface area contributed by atoms with Gasteiger partial charge < -0.3 is 10.0 Å². The maximum Gasteiger partial charge on any atom is 0.317 e. The number of nitro benzene ring substituents is 1. The first-order valence-electron chi connectivity index (χ1n) is 8.44. The molecule has 8 nitrogen and oxygen atoms in total. The highest BCUT2D eigenvalue weighted by atomic mass is 32.2. The third-order valence-electron chi connectivity index (χ3n) is 4.64. The lowest BCUT2D eigenvalue weighted by Crippen LogP contribution is -2.48. The van der Waals surface area contributed by atoms with Gasteiger partial charge in [0.2, 0.25) is 0 Å². The molecule has 26 heavy (non-hydrogen) atoms. The first kappa shape index (κ1) is 20.2. The van der Waals surface area contributed by atoms with Gasteiger partial charge in [-0.3, -0.25) is 24.6 Å². The van der Waals surface area contributed by atoms with Crippen LogP contribution in [-0.4, -0.2) is 70.2 Å². The Bertz CT molecular complexity index is 689. The predicted molar refractivity (Wildman–Crippen MR) is 98.7 cm³/mol. The number of carbonyl (C=O) groups excluding carboxylic acids is 1. The number of amides is 1. The van der Waals surface area contributed by atoms with Gasteiger partial charge in [0.15, 0.2) is 0 Å². The highest BCUT2D eigenvalue weighted by molar-refractivity contribution is 7.98. The summed E-state index contributed by atoms with van der Waals surface area (Å²) in [5, 5.41) is 20.3. The van der Waals surface area contributed by atoms with Crippen LogP contribution >= 0.6 is 11.8 Å². The van der Waals surface area contributed by atoms with E-state index in [1.807, 2.05) is 18.1 Å². The van der Waals surface area contributed by atoms with Gasteiger partial charge in [-0.2, -0.15) is 0 Å². The fourth-order valence-electron chi connectivity index (χ4n) is 3.25. The molecule has 9 heteroatoms. The summed E-state index contributed by atoms with van der Waals surface area (Å²) in [7, 11) is 0. The van der Waals surface area contributed by atoms with Crippen LogP contribution in [0.15, 0.2) is 23.1 Å². The second-order valence-corrected chi connectivity index (χ2v) is 7.00. The standard InChI is InChI=1S/C17H23N3O5S/c1-3-18(11-16(21)22)12-6-8-19(9-7-12)17(23)14-10-13(26-2)4-5-15(14)20(24)25/h4-5,10,12H,3,6-9,11H2,1-2H3,(H,21,22). The van der Waals surface area contributed by atoms with Crippen LogP contribution in [0.3, 0.4) is 0 Å². The van der Waals surface area contributed by atoms with E-state index in [2.05, 4.69) is 0 Å². The number of piperidine rings is 1. The summed E-state index contributed by atoms with van der Waals surface area (Å²) in [5.74, 6) is -1.21. The largest absolute Gasteiger partial charge is 0.480 e. The number of nitrogens with zero attached hydrogens (tertiary/aromatic N) is 3. The smallest absolute Gasteiger partial charge is 0.317 e. The Labute approximate surface area is 156 Å². The van der Waals surface area contributed by atoms with Crippen molar-refractivity contribution >= 4 is 29.3 Å². The van der Waals surface area contributed by atoms with Crippen molar-refractivity contribution in [3.05, 3.63) is 33.9 Å². The topological polar surface area (TPSA) is 104 Å². The molecular weight excluding hydrogens is 358 g/mol. The zero-order valence-electron chi connectivity index (χ0n) is 14.9. The Morgan fingerprint density at radius 3 is 2.54 bits per heavy atom. The molecule has 1 amide bonds. The second kappa shape index (κ2) is 9.00. The second-order valence-electron chi connectivity index (χ2n) is 6.12. The molecule has 1 aliphatic rings. The van der Waals surface area contributed by atoms with Crippen molar-refractivity contribution in [2.45, 2.75) is 30.7 Å². The van der Waals surface area contributed by atoms with Crippen LogP contribution in [0.1, 0.15) is 30.1 Å². The molecule has 0 aliphatic carbocycles. The highest BCUT2D eigenvalue weighted by Crippen LogP contribution is 2.27. The molecule has 1 saturated heterocycles. The van der Waals surface area contributed by atoms with Crippen molar-refractivity contribution in [2.24, 2.45) is 0 Å². The Morgan fingerprint density at radius 2 is 2.04 bits per heavy atom. The molecule has 0 bridgehead atoms. The third-order valence-corrected chi connectivity index (χ3v) is 5.37. The van der Waals surface area contributed by atoms with Crippen LogP contribution in [0.25, 0.3) is 0 Å². The fraction of sp³-hybridized carbons (Fsp3) is 0.529. The Balaban J connectivity index is 2.11. The van der Waals surface area contributed by atoms with E-state index >= 15 is 0 Å². The number of carboxylic acid groups (broad SMARTS) is 1. The van der Waals surface area contributed by atoms with E-state index in [4.69, 9.17) is 5.11 Å². The zero-order valence-corrected chi connectivity index (χ0v) is 15.7. The molecule has 1 N–H and O–H groups in total. The average molecular weight is 381 g/mol. The van der Waals surface area contributed by atoms with Crippen LogP contribution in [-0.2, 0) is 4.79 Å². The minimum Gasteiger partial charge on any atom is -0.480 e. The number of thioether (sulfide) groups is 1. The van der Waals surface area contributed by atoms with Crippen molar-refractivity contribution < 1.29 is 19.6 Å². The maximum atomic E-state index is 12.8. The molecule has 1 heterocycles. The summed E-state index contributed by atoms with van der Waals surface area (Å²) in [6.07, 6.45) is 3.16. The number of hydrogen-bond donors (Lipinski definition) is 1. The third kappa shape index (κ3) is 4.73. The van der Waals surface area contributed by atoms with Gasteiger partial charge >= 0.3 is 5.97 Å². The molecule has 1 aliphatic heterocycles. The highest BCUT2D eigenvalue weighted by Gasteiger charge is 2.30. The van der Waals surface area contributed by atoms with Crippen LogP contribution in [0, 0.1) is 10.1 Å². The first-order chi connectivity index (χ1) is 12.4. The number of aliphatic carboxylic acids is 1.